The van der Waals surface area contributed by atoms with Gasteiger partial charge in [-0.05, 0) is 11.6 Å². The second kappa shape index (κ2) is 9.01. The van der Waals surface area contributed by atoms with Gasteiger partial charge in [0.2, 0.25) is 10.0 Å². The zero-order chi connectivity index (χ0) is 20.9. The fraction of sp³-hybridized carbons (Fsp3) is 0.316. The molecule has 1 aliphatic heterocycles. The zero-order valence-electron chi connectivity index (χ0n) is 15.6. The average molecular weight is 419 g/mol. The van der Waals surface area contributed by atoms with Gasteiger partial charge in [-0.3, -0.25) is 14.9 Å². The van der Waals surface area contributed by atoms with Gasteiger partial charge in [0.25, 0.3) is 11.6 Å². The van der Waals surface area contributed by atoms with Gasteiger partial charge in [0, 0.05) is 32.2 Å². The Morgan fingerprint density at radius 2 is 1.72 bits per heavy atom. The van der Waals surface area contributed by atoms with Crippen LogP contribution in [0.3, 0.4) is 0 Å². The molecule has 2 aromatic rings. The van der Waals surface area contributed by atoms with E-state index in [1.807, 2.05) is 6.07 Å². The molecule has 1 amide bonds. The smallest absolute Gasteiger partial charge is 0.273 e. The first-order chi connectivity index (χ1) is 13.8. The minimum atomic E-state index is -3.45. The first-order valence-corrected chi connectivity index (χ1v) is 10.6. The second-order valence-electron chi connectivity index (χ2n) is 6.56. The number of non-ortho nitro benzene ring substituents is 1. The summed E-state index contributed by atoms with van der Waals surface area (Å²) in [6.07, 6.45) is 0. The topological polar surface area (TPSA) is 110 Å². The van der Waals surface area contributed by atoms with Crippen molar-refractivity contribution in [2.24, 2.45) is 0 Å². The Morgan fingerprint density at radius 1 is 1.03 bits per heavy atom. The maximum Gasteiger partial charge on any atom is 0.273 e. The highest BCUT2D eigenvalue weighted by atomic mass is 32.2. The summed E-state index contributed by atoms with van der Waals surface area (Å²) >= 11 is 0. The Bertz CT molecular complexity index is 972. The van der Waals surface area contributed by atoms with Crippen molar-refractivity contribution in [1.82, 2.24) is 9.21 Å². The van der Waals surface area contributed by atoms with Gasteiger partial charge in [0.15, 0.2) is 6.61 Å². The molecule has 0 radical (unpaired) electrons. The molecule has 29 heavy (non-hydrogen) atoms. The highest BCUT2D eigenvalue weighted by molar-refractivity contribution is 7.88. The molecule has 9 nitrogen and oxygen atoms in total. The molecule has 3 rings (SSSR count). The number of nitrogens with zero attached hydrogens (tertiary/aromatic N) is 3. The van der Waals surface area contributed by atoms with E-state index in [0.29, 0.717) is 0 Å². The van der Waals surface area contributed by atoms with Gasteiger partial charge in [-0.15, -0.1) is 0 Å². The Labute approximate surface area is 168 Å². The molecule has 1 fully saturated rings. The van der Waals surface area contributed by atoms with Crippen LogP contribution in [-0.2, 0) is 20.6 Å². The molecule has 0 unspecified atom stereocenters. The summed E-state index contributed by atoms with van der Waals surface area (Å²) < 4.78 is 31.9. The number of carbonyl (C=O) groups excluding carboxylic acids is 1. The summed E-state index contributed by atoms with van der Waals surface area (Å²) in [5.41, 5.74) is 0.601. The van der Waals surface area contributed by atoms with Crippen LogP contribution < -0.4 is 4.74 Å². The molecule has 154 valence electrons. The van der Waals surface area contributed by atoms with Gasteiger partial charge in [-0.25, -0.2) is 8.42 Å². The van der Waals surface area contributed by atoms with Crippen LogP contribution in [0.4, 0.5) is 5.69 Å². The van der Waals surface area contributed by atoms with Crippen LogP contribution in [0.25, 0.3) is 0 Å². The van der Waals surface area contributed by atoms with Crippen LogP contribution in [0.15, 0.2) is 54.6 Å². The van der Waals surface area contributed by atoms with Gasteiger partial charge in [0.1, 0.15) is 5.75 Å². The summed E-state index contributed by atoms with van der Waals surface area (Å²) in [6, 6.07) is 14.6. The molecule has 1 saturated heterocycles. The fourth-order valence-corrected chi connectivity index (χ4v) is 4.53. The Hall–Kier alpha value is -2.98. The molecule has 0 atom stereocenters. The lowest BCUT2D eigenvalue weighted by atomic mass is 10.2. The standard InChI is InChI=1S/C19H21N3O6S/c23-19(14-28-18-8-4-7-17(13-18)22(24)25)20-9-11-21(12-10-20)29(26,27)15-16-5-2-1-3-6-16/h1-8,13H,9-12,14-15H2. The van der Waals surface area contributed by atoms with E-state index in [0.717, 1.165) is 5.56 Å². The molecule has 0 aromatic heterocycles. The Morgan fingerprint density at radius 3 is 2.38 bits per heavy atom. The van der Waals surface area contributed by atoms with Crippen molar-refractivity contribution in [3.63, 3.8) is 0 Å². The van der Waals surface area contributed by atoms with E-state index in [1.54, 1.807) is 24.3 Å². The molecule has 10 heteroatoms. The highest BCUT2D eigenvalue weighted by Gasteiger charge is 2.29. The molecule has 0 spiro atoms. The third kappa shape index (κ3) is 5.52. The summed E-state index contributed by atoms with van der Waals surface area (Å²) in [7, 11) is -3.45. The lowest BCUT2D eigenvalue weighted by molar-refractivity contribution is -0.384. The summed E-state index contributed by atoms with van der Waals surface area (Å²) in [5, 5.41) is 10.8. The molecule has 0 N–H and O–H groups in total. The number of nitro groups is 1. The Kier molecular flexibility index (Phi) is 6.45. The van der Waals surface area contributed by atoms with Crippen LogP contribution >= 0.6 is 0 Å². The van der Waals surface area contributed by atoms with Crippen molar-refractivity contribution in [2.75, 3.05) is 32.8 Å². The van der Waals surface area contributed by atoms with Crippen molar-refractivity contribution in [2.45, 2.75) is 5.75 Å². The van der Waals surface area contributed by atoms with Crippen molar-refractivity contribution in [3.05, 3.63) is 70.3 Å². The van der Waals surface area contributed by atoms with Crippen molar-refractivity contribution < 1.29 is 22.9 Å². The van der Waals surface area contributed by atoms with Gasteiger partial charge in [-0.1, -0.05) is 36.4 Å². The SMILES string of the molecule is O=C(COc1cccc([N+](=O)[O-])c1)N1CCN(S(=O)(=O)Cc2ccccc2)CC1. The Balaban J connectivity index is 1.50. The fourth-order valence-electron chi connectivity index (χ4n) is 3.02. The number of benzene rings is 2. The average Bonchev–Trinajstić information content (AvgIpc) is 2.72. The molecule has 1 heterocycles. The third-order valence-corrected chi connectivity index (χ3v) is 6.42. The summed E-state index contributed by atoms with van der Waals surface area (Å²) in [5.74, 6) is -0.134. The number of amides is 1. The normalized spacial score (nSPS) is 15.1. The number of nitro benzene ring substituents is 1. The van der Waals surface area contributed by atoms with Crippen LogP contribution in [0.1, 0.15) is 5.56 Å². The van der Waals surface area contributed by atoms with Gasteiger partial charge >= 0.3 is 0 Å². The lowest BCUT2D eigenvalue weighted by Gasteiger charge is -2.34. The molecular weight excluding hydrogens is 398 g/mol. The van der Waals surface area contributed by atoms with Crippen LogP contribution in [0, 0.1) is 10.1 Å². The van der Waals surface area contributed by atoms with E-state index in [1.165, 1.54) is 33.5 Å². The van der Waals surface area contributed by atoms with Crippen LogP contribution in [0.5, 0.6) is 5.75 Å². The van der Waals surface area contributed by atoms with E-state index in [-0.39, 0.29) is 55.9 Å². The number of piperazine rings is 1. The zero-order valence-corrected chi connectivity index (χ0v) is 16.5. The number of rotatable bonds is 7. The number of hydrogen-bond acceptors (Lipinski definition) is 6. The summed E-state index contributed by atoms with van der Waals surface area (Å²) in [6.45, 7) is 0.712. The monoisotopic (exact) mass is 419 g/mol. The second-order valence-corrected chi connectivity index (χ2v) is 8.53. The molecule has 0 bridgehead atoms. The van der Waals surface area contributed by atoms with Gasteiger partial charge < -0.3 is 9.64 Å². The largest absolute Gasteiger partial charge is 0.484 e. The van der Waals surface area contributed by atoms with E-state index in [9.17, 15) is 23.3 Å². The molecule has 0 aliphatic carbocycles. The van der Waals surface area contributed by atoms with E-state index in [2.05, 4.69) is 0 Å². The lowest BCUT2D eigenvalue weighted by Crippen LogP contribution is -2.51. The molecule has 0 saturated carbocycles. The number of ether oxygens (including phenoxy) is 1. The predicted octanol–water partition coefficient (Wildman–Crippen LogP) is 1.65. The molecule has 2 aromatic carbocycles. The number of sulfonamides is 1. The minimum Gasteiger partial charge on any atom is -0.484 e. The van der Waals surface area contributed by atoms with Crippen molar-refractivity contribution in [3.8, 4) is 5.75 Å². The minimum absolute atomic E-state index is 0.0717. The quantitative estimate of drug-likeness (QED) is 0.498. The van der Waals surface area contributed by atoms with Crippen LogP contribution in [-0.4, -0.2) is 61.2 Å². The van der Waals surface area contributed by atoms with E-state index < -0.39 is 14.9 Å². The molecular formula is C19H21N3O6S. The maximum atomic E-state index is 12.6. The maximum absolute atomic E-state index is 12.6. The highest BCUT2D eigenvalue weighted by Crippen LogP contribution is 2.19. The first kappa shape index (κ1) is 20.7. The first-order valence-electron chi connectivity index (χ1n) is 9.02. The summed E-state index contributed by atoms with van der Waals surface area (Å²) in [4.78, 5) is 24.1. The molecule has 1 aliphatic rings. The number of hydrogen-bond donors (Lipinski definition) is 0. The predicted molar refractivity (Wildman–Crippen MR) is 106 cm³/mol. The van der Waals surface area contributed by atoms with E-state index >= 15 is 0 Å². The number of carbonyl (C=O) groups is 1. The van der Waals surface area contributed by atoms with Crippen LogP contribution in [0.2, 0.25) is 0 Å². The van der Waals surface area contributed by atoms with Gasteiger partial charge in [0.05, 0.1) is 16.7 Å². The van der Waals surface area contributed by atoms with Crippen molar-refractivity contribution in [1.29, 1.82) is 0 Å². The van der Waals surface area contributed by atoms with Crippen molar-refractivity contribution >= 4 is 21.6 Å². The van der Waals surface area contributed by atoms with Gasteiger partial charge in [-0.2, -0.15) is 4.31 Å². The third-order valence-electron chi connectivity index (χ3n) is 4.57. The van der Waals surface area contributed by atoms with E-state index in [4.69, 9.17) is 4.74 Å².